The zero-order valence-corrected chi connectivity index (χ0v) is 13.6. The molecule has 2 N–H and O–H groups in total. The number of hydrogen-bond donors (Lipinski definition) is 2. The van der Waals surface area contributed by atoms with Crippen molar-refractivity contribution in [2.45, 2.75) is 6.92 Å². The molecule has 0 saturated carbocycles. The maximum atomic E-state index is 12.1. The summed E-state index contributed by atoms with van der Waals surface area (Å²) in [5.41, 5.74) is 4.97. The van der Waals surface area contributed by atoms with Gasteiger partial charge in [0.1, 0.15) is 11.4 Å². The van der Waals surface area contributed by atoms with Gasteiger partial charge in [0.15, 0.2) is 0 Å². The average Bonchev–Trinajstić information content (AvgIpc) is 3.14. The minimum Gasteiger partial charge on any atom is -0.494 e. The van der Waals surface area contributed by atoms with Gasteiger partial charge in [-0.25, -0.2) is 5.43 Å². The number of hydrogen-bond acceptors (Lipinski definition) is 5. The molecule has 0 fully saturated rings. The van der Waals surface area contributed by atoms with E-state index in [0.29, 0.717) is 23.7 Å². The first kappa shape index (κ1) is 16.4. The highest BCUT2D eigenvalue weighted by Crippen LogP contribution is 2.21. The molecule has 1 aromatic carbocycles. The molecule has 0 aliphatic carbocycles. The minimum absolute atomic E-state index is 0.321. The Kier molecular flexibility index (Phi) is 5.16. The molecule has 7 nitrogen and oxygen atoms in total. The van der Waals surface area contributed by atoms with Crippen LogP contribution >= 0.6 is 0 Å². The van der Waals surface area contributed by atoms with E-state index in [1.807, 2.05) is 43.3 Å². The molecule has 0 radical (unpaired) electrons. The summed E-state index contributed by atoms with van der Waals surface area (Å²) < 4.78 is 5.41. The zero-order chi connectivity index (χ0) is 17.5. The Labute approximate surface area is 144 Å². The Morgan fingerprint density at radius 2 is 2.12 bits per heavy atom. The van der Waals surface area contributed by atoms with Gasteiger partial charge in [0.05, 0.1) is 24.2 Å². The fourth-order valence-electron chi connectivity index (χ4n) is 2.14. The molecule has 0 spiro atoms. The van der Waals surface area contributed by atoms with Crippen molar-refractivity contribution < 1.29 is 9.53 Å². The number of aromatic nitrogens is 3. The number of hydrazone groups is 1. The highest BCUT2D eigenvalue weighted by atomic mass is 16.5. The van der Waals surface area contributed by atoms with Crippen LogP contribution in [0.4, 0.5) is 0 Å². The van der Waals surface area contributed by atoms with Crippen molar-refractivity contribution in [2.75, 3.05) is 6.61 Å². The number of ether oxygens (including phenoxy) is 1. The maximum absolute atomic E-state index is 12.1. The van der Waals surface area contributed by atoms with E-state index in [4.69, 9.17) is 4.74 Å². The van der Waals surface area contributed by atoms with E-state index in [1.54, 1.807) is 18.3 Å². The third-order valence-corrected chi connectivity index (χ3v) is 3.33. The summed E-state index contributed by atoms with van der Waals surface area (Å²) >= 11 is 0. The summed E-state index contributed by atoms with van der Waals surface area (Å²) in [7, 11) is 0. The molecule has 0 atom stereocenters. The van der Waals surface area contributed by atoms with E-state index in [-0.39, 0.29) is 5.91 Å². The number of amides is 1. The van der Waals surface area contributed by atoms with Gasteiger partial charge in [-0.2, -0.15) is 10.2 Å². The van der Waals surface area contributed by atoms with E-state index in [2.05, 4.69) is 25.7 Å². The maximum Gasteiger partial charge on any atom is 0.289 e. The molecule has 2 aromatic heterocycles. The largest absolute Gasteiger partial charge is 0.494 e. The van der Waals surface area contributed by atoms with E-state index in [1.165, 1.54) is 6.21 Å². The van der Waals surface area contributed by atoms with Crippen LogP contribution < -0.4 is 10.2 Å². The van der Waals surface area contributed by atoms with Crippen LogP contribution in [0.2, 0.25) is 0 Å². The Balaban J connectivity index is 1.64. The first-order valence-corrected chi connectivity index (χ1v) is 7.79. The Morgan fingerprint density at radius 3 is 2.84 bits per heavy atom. The molecule has 0 aliphatic rings. The lowest BCUT2D eigenvalue weighted by molar-refractivity contribution is 0.0950. The van der Waals surface area contributed by atoms with Crippen LogP contribution in [0.25, 0.3) is 11.3 Å². The van der Waals surface area contributed by atoms with Crippen molar-refractivity contribution in [3.05, 3.63) is 66.1 Å². The lowest BCUT2D eigenvalue weighted by Crippen LogP contribution is -2.18. The van der Waals surface area contributed by atoms with Crippen molar-refractivity contribution in [2.24, 2.45) is 5.10 Å². The summed E-state index contributed by atoms with van der Waals surface area (Å²) in [6, 6.07) is 14.6. The fourth-order valence-corrected chi connectivity index (χ4v) is 2.14. The molecule has 3 aromatic rings. The molecule has 0 saturated heterocycles. The summed E-state index contributed by atoms with van der Waals surface area (Å²) in [4.78, 5) is 16.2. The zero-order valence-electron chi connectivity index (χ0n) is 13.6. The molecule has 126 valence electrons. The van der Waals surface area contributed by atoms with Crippen molar-refractivity contribution in [3.8, 4) is 17.0 Å². The summed E-state index contributed by atoms with van der Waals surface area (Å²) in [5.74, 6) is 0.417. The number of pyridine rings is 1. The predicted molar refractivity (Wildman–Crippen MR) is 94.5 cm³/mol. The highest BCUT2D eigenvalue weighted by Gasteiger charge is 2.10. The lowest BCUT2D eigenvalue weighted by Gasteiger charge is -2.02. The molecule has 2 heterocycles. The molecule has 0 bridgehead atoms. The molecular formula is C18H17N5O2. The van der Waals surface area contributed by atoms with Gasteiger partial charge in [-0.1, -0.05) is 6.07 Å². The topological polar surface area (TPSA) is 92.3 Å². The van der Waals surface area contributed by atoms with Gasteiger partial charge in [0.25, 0.3) is 5.91 Å². The van der Waals surface area contributed by atoms with Gasteiger partial charge in [0.2, 0.25) is 0 Å². The van der Waals surface area contributed by atoms with Crippen LogP contribution in [-0.2, 0) is 0 Å². The Morgan fingerprint density at radius 1 is 1.28 bits per heavy atom. The van der Waals surface area contributed by atoms with E-state index < -0.39 is 0 Å². The summed E-state index contributed by atoms with van der Waals surface area (Å²) in [6.45, 7) is 2.55. The second-order valence-corrected chi connectivity index (χ2v) is 5.08. The van der Waals surface area contributed by atoms with Gasteiger partial charge < -0.3 is 4.74 Å². The van der Waals surface area contributed by atoms with Crippen LogP contribution in [0.1, 0.15) is 23.1 Å². The van der Waals surface area contributed by atoms with Crippen LogP contribution in [0, 0.1) is 0 Å². The Bertz CT molecular complexity index is 857. The number of carbonyl (C=O) groups is 1. The van der Waals surface area contributed by atoms with Gasteiger partial charge in [0, 0.05) is 11.8 Å². The second kappa shape index (κ2) is 7.87. The normalized spacial score (nSPS) is 10.8. The van der Waals surface area contributed by atoms with Crippen LogP contribution in [0.15, 0.2) is 59.8 Å². The third-order valence-electron chi connectivity index (χ3n) is 3.33. The van der Waals surface area contributed by atoms with Crippen molar-refractivity contribution in [1.29, 1.82) is 0 Å². The first-order valence-electron chi connectivity index (χ1n) is 7.79. The third kappa shape index (κ3) is 4.29. The number of nitrogens with one attached hydrogen (secondary N) is 2. The fraction of sp³-hybridized carbons (Fsp3) is 0.111. The summed E-state index contributed by atoms with van der Waals surface area (Å²) in [6.07, 6.45) is 3.13. The average molecular weight is 335 g/mol. The molecule has 3 rings (SSSR count). The number of carbonyl (C=O) groups excluding carboxylic acids is 1. The quantitative estimate of drug-likeness (QED) is 0.535. The van der Waals surface area contributed by atoms with E-state index in [9.17, 15) is 4.79 Å². The van der Waals surface area contributed by atoms with Crippen LogP contribution in [0.5, 0.6) is 5.75 Å². The predicted octanol–water partition coefficient (Wildman–Crippen LogP) is 2.63. The van der Waals surface area contributed by atoms with Gasteiger partial charge in [-0.15, -0.1) is 0 Å². The SMILES string of the molecule is CCOc1ccc(-c2cc(C(=O)N/N=C/c3ccccn3)[nH]n2)cc1. The van der Waals surface area contributed by atoms with Gasteiger partial charge >= 0.3 is 0 Å². The number of rotatable bonds is 6. The number of benzene rings is 1. The van der Waals surface area contributed by atoms with Crippen molar-refractivity contribution in [3.63, 3.8) is 0 Å². The van der Waals surface area contributed by atoms with Crippen molar-refractivity contribution >= 4 is 12.1 Å². The molecule has 25 heavy (non-hydrogen) atoms. The molecule has 0 aliphatic heterocycles. The standard InChI is InChI=1S/C18H17N5O2/c1-2-25-15-8-6-13(7-9-15)16-11-17(22-21-16)18(24)23-20-12-14-5-3-4-10-19-14/h3-12H,2H2,1H3,(H,21,22)(H,23,24)/b20-12+. The first-order chi connectivity index (χ1) is 12.3. The number of H-pyrrole nitrogens is 1. The van der Waals surface area contributed by atoms with Crippen LogP contribution in [-0.4, -0.2) is 33.9 Å². The molecule has 7 heteroatoms. The lowest BCUT2D eigenvalue weighted by atomic mass is 10.1. The molecule has 1 amide bonds. The Hall–Kier alpha value is -3.48. The van der Waals surface area contributed by atoms with E-state index in [0.717, 1.165) is 11.3 Å². The number of nitrogens with zero attached hydrogens (tertiary/aromatic N) is 3. The highest BCUT2D eigenvalue weighted by molar-refractivity contribution is 5.94. The molecular weight excluding hydrogens is 318 g/mol. The van der Waals surface area contributed by atoms with Crippen molar-refractivity contribution in [1.82, 2.24) is 20.6 Å². The smallest absolute Gasteiger partial charge is 0.289 e. The number of aromatic amines is 1. The van der Waals surface area contributed by atoms with Crippen LogP contribution in [0.3, 0.4) is 0 Å². The second-order valence-electron chi connectivity index (χ2n) is 5.08. The van der Waals surface area contributed by atoms with E-state index >= 15 is 0 Å². The molecule has 0 unspecified atom stereocenters. The minimum atomic E-state index is -0.378. The summed E-state index contributed by atoms with van der Waals surface area (Å²) in [5, 5.41) is 10.7. The van der Waals surface area contributed by atoms with Gasteiger partial charge in [-0.3, -0.25) is 14.9 Å². The van der Waals surface area contributed by atoms with Gasteiger partial charge in [-0.05, 0) is 49.4 Å². The monoisotopic (exact) mass is 335 g/mol.